The zero-order valence-corrected chi connectivity index (χ0v) is 5.55. The van der Waals surface area contributed by atoms with E-state index in [0.717, 1.165) is 11.8 Å². The highest BCUT2D eigenvalue weighted by atomic mass is 16.5. The van der Waals surface area contributed by atoms with Crippen molar-refractivity contribution in [2.45, 2.75) is 37.9 Å². The van der Waals surface area contributed by atoms with Crippen LogP contribution in [0.5, 0.6) is 0 Å². The van der Waals surface area contributed by atoms with E-state index in [4.69, 9.17) is 4.74 Å². The van der Waals surface area contributed by atoms with Gasteiger partial charge in [0, 0.05) is 0 Å². The van der Waals surface area contributed by atoms with Gasteiger partial charge in [-0.25, -0.2) is 0 Å². The lowest BCUT2D eigenvalue weighted by Crippen LogP contribution is -2.22. The van der Waals surface area contributed by atoms with Crippen LogP contribution in [-0.2, 0) is 4.74 Å². The molecule has 0 aromatic heterocycles. The second-order valence-corrected chi connectivity index (χ2v) is 3.71. The van der Waals surface area contributed by atoms with Crippen molar-refractivity contribution in [2.75, 3.05) is 0 Å². The number of hydrogen-bond acceptors (Lipinski definition) is 1. The van der Waals surface area contributed by atoms with Crippen LogP contribution < -0.4 is 0 Å². The maximum Gasteiger partial charge on any atom is 0.0610 e. The van der Waals surface area contributed by atoms with Gasteiger partial charge in [0.15, 0.2) is 0 Å². The second kappa shape index (κ2) is 1.34. The Labute approximate surface area is 55.4 Å². The minimum absolute atomic E-state index is 0.703. The zero-order chi connectivity index (χ0) is 5.84. The lowest BCUT2D eigenvalue weighted by atomic mass is 10.1. The van der Waals surface area contributed by atoms with Gasteiger partial charge in [0.2, 0.25) is 0 Å². The summed E-state index contributed by atoms with van der Waals surface area (Å²) in [6, 6.07) is 0. The molecule has 3 aliphatic rings. The Morgan fingerprint density at radius 2 is 1.67 bits per heavy atom. The van der Waals surface area contributed by atoms with Crippen LogP contribution in [0.25, 0.3) is 0 Å². The van der Waals surface area contributed by atoms with E-state index in [1.54, 1.807) is 0 Å². The van der Waals surface area contributed by atoms with Crippen LogP contribution in [0.15, 0.2) is 0 Å². The molecule has 0 aromatic carbocycles. The first-order valence-corrected chi connectivity index (χ1v) is 4.10. The predicted molar refractivity (Wildman–Crippen MR) is 34.1 cm³/mol. The summed E-state index contributed by atoms with van der Waals surface area (Å²) in [5, 5.41) is 0. The molecule has 2 heterocycles. The molecule has 1 heteroatoms. The number of ether oxygens (including phenoxy) is 1. The lowest BCUT2D eigenvalue weighted by molar-refractivity contribution is -0.0229. The van der Waals surface area contributed by atoms with Crippen LogP contribution >= 0.6 is 0 Å². The molecule has 2 aliphatic heterocycles. The van der Waals surface area contributed by atoms with Gasteiger partial charge < -0.3 is 4.74 Å². The maximum atomic E-state index is 5.76. The van der Waals surface area contributed by atoms with Crippen molar-refractivity contribution in [1.29, 1.82) is 0 Å². The van der Waals surface area contributed by atoms with Crippen LogP contribution in [0, 0.1) is 11.8 Å². The van der Waals surface area contributed by atoms with E-state index in [2.05, 4.69) is 0 Å². The Hall–Kier alpha value is -0.0400. The molecule has 0 radical (unpaired) electrons. The van der Waals surface area contributed by atoms with Crippen molar-refractivity contribution in [3.63, 3.8) is 0 Å². The third kappa shape index (κ3) is 0.493. The third-order valence-corrected chi connectivity index (χ3v) is 3.17. The van der Waals surface area contributed by atoms with Gasteiger partial charge in [-0.1, -0.05) is 0 Å². The smallest absolute Gasteiger partial charge is 0.0610 e. The van der Waals surface area contributed by atoms with E-state index < -0.39 is 0 Å². The molecule has 0 aromatic rings. The fourth-order valence-corrected chi connectivity index (χ4v) is 2.60. The average Bonchev–Trinajstić information content (AvgIpc) is 2.62. The lowest BCUT2D eigenvalue weighted by Gasteiger charge is -2.23. The molecule has 0 amide bonds. The quantitative estimate of drug-likeness (QED) is 0.476. The number of rotatable bonds is 0. The Morgan fingerprint density at radius 3 is 2.22 bits per heavy atom. The van der Waals surface area contributed by atoms with Gasteiger partial charge >= 0.3 is 0 Å². The first-order valence-electron chi connectivity index (χ1n) is 4.10. The van der Waals surface area contributed by atoms with Gasteiger partial charge in [-0.3, -0.25) is 0 Å². The predicted octanol–water partition coefficient (Wildman–Crippen LogP) is 1.57. The normalized spacial score (nSPS) is 61.3. The van der Waals surface area contributed by atoms with Crippen LogP contribution in [-0.4, -0.2) is 12.2 Å². The summed E-state index contributed by atoms with van der Waals surface area (Å²) in [5.41, 5.74) is 0. The van der Waals surface area contributed by atoms with Crippen LogP contribution in [0.2, 0.25) is 0 Å². The van der Waals surface area contributed by atoms with Gasteiger partial charge in [-0.15, -0.1) is 0 Å². The van der Waals surface area contributed by atoms with E-state index >= 15 is 0 Å². The summed E-state index contributed by atoms with van der Waals surface area (Å²) in [6.45, 7) is 0. The highest BCUT2D eigenvalue weighted by molar-refractivity contribution is 5.04. The molecule has 1 aliphatic carbocycles. The fourth-order valence-electron chi connectivity index (χ4n) is 2.60. The monoisotopic (exact) mass is 124 g/mol. The Balaban J connectivity index is 1.92. The molecular formula is C8H12O. The van der Waals surface area contributed by atoms with Crippen LogP contribution in [0.4, 0.5) is 0 Å². The first kappa shape index (κ1) is 4.73. The SMILES string of the molecule is C1CC2OC(C1)C1CC21. The van der Waals surface area contributed by atoms with Crippen molar-refractivity contribution in [2.24, 2.45) is 11.8 Å². The van der Waals surface area contributed by atoms with E-state index in [1.165, 1.54) is 25.7 Å². The standard InChI is InChI=1S/C8H12O/c1-2-7-5-4-6(5)8(3-1)9-7/h5-8H,1-4H2. The van der Waals surface area contributed by atoms with Crippen LogP contribution in [0.3, 0.4) is 0 Å². The molecule has 4 atom stereocenters. The Kier molecular flexibility index (Phi) is 0.704. The van der Waals surface area contributed by atoms with Crippen molar-refractivity contribution >= 4 is 0 Å². The molecule has 3 fully saturated rings. The minimum Gasteiger partial charge on any atom is -0.374 e. The van der Waals surface area contributed by atoms with Gasteiger partial charge in [-0.2, -0.15) is 0 Å². The van der Waals surface area contributed by atoms with E-state index in [-0.39, 0.29) is 0 Å². The summed E-state index contributed by atoms with van der Waals surface area (Å²) in [6.07, 6.45) is 7.05. The van der Waals surface area contributed by atoms with Crippen molar-refractivity contribution in [1.82, 2.24) is 0 Å². The molecule has 1 nitrogen and oxygen atoms in total. The minimum atomic E-state index is 0.703. The first-order chi connectivity index (χ1) is 4.45. The van der Waals surface area contributed by atoms with Gasteiger partial charge in [0.05, 0.1) is 12.2 Å². The van der Waals surface area contributed by atoms with Crippen molar-refractivity contribution in [3.8, 4) is 0 Å². The molecular weight excluding hydrogens is 112 g/mol. The highest BCUT2D eigenvalue weighted by Gasteiger charge is 2.56. The van der Waals surface area contributed by atoms with E-state index in [0.29, 0.717) is 12.2 Å². The Morgan fingerprint density at radius 1 is 1.00 bits per heavy atom. The molecule has 0 spiro atoms. The largest absolute Gasteiger partial charge is 0.374 e. The second-order valence-electron chi connectivity index (χ2n) is 3.71. The fraction of sp³-hybridized carbons (Fsp3) is 1.00. The van der Waals surface area contributed by atoms with Gasteiger partial charge in [0.1, 0.15) is 0 Å². The molecule has 4 unspecified atom stereocenters. The van der Waals surface area contributed by atoms with E-state index in [1.807, 2.05) is 0 Å². The number of fused-ring (bicyclic) bond motifs is 5. The van der Waals surface area contributed by atoms with Crippen molar-refractivity contribution < 1.29 is 4.74 Å². The average molecular weight is 124 g/mol. The molecule has 1 saturated carbocycles. The molecule has 0 N–H and O–H groups in total. The molecule has 2 saturated heterocycles. The third-order valence-electron chi connectivity index (χ3n) is 3.17. The van der Waals surface area contributed by atoms with Crippen LogP contribution in [0.1, 0.15) is 25.7 Å². The molecule has 3 rings (SSSR count). The van der Waals surface area contributed by atoms with Gasteiger partial charge in [0.25, 0.3) is 0 Å². The summed E-state index contributed by atoms with van der Waals surface area (Å²) in [5.74, 6) is 2.02. The Bertz CT molecular complexity index is 130. The van der Waals surface area contributed by atoms with Gasteiger partial charge in [-0.05, 0) is 37.5 Å². The summed E-state index contributed by atoms with van der Waals surface area (Å²) in [4.78, 5) is 0. The summed E-state index contributed by atoms with van der Waals surface area (Å²) >= 11 is 0. The molecule has 50 valence electrons. The topological polar surface area (TPSA) is 9.23 Å². The molecule has 2 bridgehead atoms. The summed E-state index contributed by atoms with van der Waals surface area (Å²) < 4.78 is 5.76. The van der Waals surface area contributed by atoms with E-state index in [9.17, 15) is 0 Å². The van der Waals surface area contributed by atoms with Crippen molar-refractivity contribution in [3.05, 3.63) is 0 Å². The molecule has 9 heavy (non-hydrogen) atoms. The summed E-state index contributed by atoms with van der Waals surface area (Å²) in [7, 11) is 0. The zero-order valence-electron chi connectivity index (χ0n) is 5.55. The maximum absolute atomic E-state index is 5.76. The number of hydrogen-bond donors (Lipinski definition) is 0. The highest BCUT2D eigenvalue weighted by Crippen LogP contribution is 2.56.